The van der Waals surface area contributed by atoms with Crippen molar-refractivity contribution in [3.05, 3.63) is 42.0 Å². The Hall–Kier alpha value is -1.50. The minimum absolute atomic E-state index is 0.235. The molecule has 0 atom stereocenters. The molecule has 0 amide bonds. The molecule has 0 aromatic heterocycles. The van der Waals surface area contributed by atoms with Crippen LogP contribution in [0, 0.1) is 0 Å². The van der Waals surface area contributed by atoms with Gasteiger partial charge in [0.25, 0.3) is 0 Å². The summed E-state index contributed by atoms with van der Waals surface area (Å²) >= 11 is 0. The van der Waals surface area contributed by atoms with Gasteiger partial charge in [-0.3, -0.25) is 5.11 Å². The highest BCUT2D eigenvalue weighted by Gasteiger charge is 2.07. The summed E-state index contributed by atoms with van der Waals surface area (Å²) in [6.07, 6.45) is 14.3. The lowest BCUT2D eigenvalue weighted by Crippen LogP contribution is -1.88. The number of benzene rings is 2. The van der Waals surface area contributed by atoms with Gasteiger partial charge in [0.2, 0.25) is 0 Å². The van der Waals surface area contributed by atoms with Gasteiger partial charge in [-0.2, -0.15) is 0 Å². The molecular formula is C22H31O. The van der Waals surface area contributed by atoms with Crippen molar-refractivity contribution in [1.82, 2.24) is 0 Å². The van der Waals surface area contributed by atoms with Gasteiger partial charge in [-0.25, -0.2) is 0 Å². The highest BCUT2D eigenvalue weighted by atomic mass is 16.3. The van der Waals surface area contributed by atoms with E-state index in [1.54, 1.807) is 0 Å². The Bertz CT molecular complexity index is 573. The summed E-state index contributed by atoms with van der Waals surface area (Å²) in [4.78, 5) is 0. The first-order chi connectivity index (χ1) is 11.3. The summed E-state index contributed by atoms with van der Waals surface area (Å²) in [6.45, 7) is 2.27. The topological polar surface area (TPSA) is 19.9 Å². The number of hydrogen-bond acceptors (Lipinski definition) is 0. The van der Waals surface area contributed by atoms with Gasteiger partial charge in [-0.1, -0.05) is 101 Å². The first-order valence-electron chi connectivity index (χ1n) is 9.50. The third-order valence-electron chi connectivity index (χ3n) is 4.76. The van der Waals surface area contributed by atoms with E-state index in [1.807, 2.05) is 30.3 Å². The van der Waals surface area contributed by atoms with Gasteiger partial charge in [0, 0.05) is 10.9 Å². The maximum atomic E-state index is 12.4. The molecule has 0 bridgehead atoms. The van der Waals surface area contributed by atoms with Gasteiger partial charge in [0.05, 0.1) is 0 Å². The summed E-state index contributed by atoms with van der Waals surface area (Å²) in [7, 11) is 0. The van der Waals surface area contributed by atoms with E-state index in [-0.39, 0.29) is 5.75 Å². The molecule has 0 aliphatic carbocycles. The first-order valence-corrected chi connectivity index (χ1v) is 9.50. The molecule has 0 aliphatic rings. The Balaban J connectivity index is 1.62. The standard InChI is InChI=1S/C22H31O/c1-2-3-4-5-6-7-8-9-10-11-15-20-18-17-19-14-12-13-16-21(19)22(20)23/h12-14,16-18H,2-11,15H2,1H3. The molecule has 1 heteroatoms. The average Bonchev–Trinajstić information content (AvgIpc) is 2.58. The van der Waals surface area contributed by atoms with E-state index in [9.17, 15) is 5.11 Å². The molecule has 23 heavy (non-hydrogen) atoms. The number of aryl methyl sites for hydroxylation is 1. The van der Waals surface area contributed by atoms with E-state index < -0.39 is 0 Å². The predicted molar refractivity (Wildman–Crippen MR) is 99.6 cm³/mol. The van der Waals surface area contributed by atoms with Crippen molar-refractivity contribution in [1.29, 1.82) is 0 Å². The largest absolute Gasteiger partial charge is 0.289 e. The van der Waals surface area contributed by atoms with Crippen LogP contribution in [-0.4, -0.2) is 0 Å². The Kier molecular flexibility index (Phi) is 8.00. The lowest BCUT2D eigenvalue weighted by Gasteiger charge is -2.06. The molecule has 0 saturated heterocycles. The summed E-state index contributed by atoms with van der Waals surface area (Å²) in [6, 6.07) is 12.0. The van der Waals surface area contributed by atoms with Crippen LogP contribution in [-0.2, 0) is 11.5 Å². The van der Waals surface area contributed by atoms with Crippen LogP contribution in [0.4, 0.5) is 0 Å². The summed E-state index contributed by atoms with van der Waals surface area (Å²) < 4.78 is 0. The molecule has 0 aliphatic heterocycles. The van der Waals surface area contributed by atoms with Crippen LogP contribution >= 0.6 is 0 Å². The fourth-order valence-corrected chi connectivity index (χ4v) is 3.29. The number of unbranched alkanes of at least 4 members (excludes halogenated alkanes) is 9. The van der Waals surface area contributed by atoms with Gasteiger partial charge >= 0.3 is 0 Å². The zero-order chi connectivity index (χ0) is 16.3. The summed E-state index contributed by atoms with van der Waals surface area (Å²) in [5, 5.41) is 14.4. The van der Waals surface area contributed by atoms with Gasteiger partial charge in [0.15, 0.2) is 5.75 Å². The monoisotopic (exact) mass is 311 g/mol. The Morgan fingerprint density at radius 2 is 1.30 bits per heavy atom. The normalized spacial score (nSPS) is 11.2. The third kappa shape index (κ3) is 5.89. The zero-order valence-electron chi connectivity index (χ0n) is 14.7. The van der Waals surface area contributed by atoms with Crippen molar-refractivity contribution in [3.8, 4) is 5.75 Å². The second-order valence-corrected chi connectivity index (χ2v) is 6.71. The van der Waals surface area contributed by atoms with Crippen LogP contribution in [0.3, 0.4) is 0 Å². The molecular weight excluding hydrogens is 280 g/mol. The predicted octanol–water partition coefficient (Wildman–Crippen LogP) is 7.45. The Labute approximate surface area is 141 Å². The van der Waals surface area contributed by atoms with Gasteiger partial charge in [0.1, 0.15) is 0 Å². The van der Waals surface area contributed by atoms with Crippen molar-refractivity contribution >= 4 is 10.8 Å². The van der Waals surface area contributed by atoms with Crippen LogP contribution in [0.5, 0.6) is 5.75 Å². The zero-order valence-corrected chi connectivity index (χ0v) is 14.7. The summed E-state index contributed by atoms with van der Waals surface area (Å²) in [5.41, 5.74) is 0.989. The lowest BCUT2D eigenvalue weighted by molar-refractivity contribution is 0.354. The van der Waals surface area contributed by atoms with E-state index >= 15 is 0 Å². The SMILES string of the molecule is CCCCCCCCCCCCc1ccc2ccccc2c1[O]. The fraction of sp³-hybridized carbons (Fsp3) is 0.545. The number of hydrogen-bond donors (Lipinski definition) is 0. The number of rotatable bonds is 11. The molecule has 2 aromatic carbocycles. The van der Waals surface area contributed by atoms with Crippen LogP contribution in [0.2, 0.25) is 0 Å². The van der Waals surface area contributed by atoms with E-state index in [2.05, 4.69) is 13.0 Å². The third-order valence-corrected chi connectivity index (χ3v) is 4.76. The Morgan fingerprint density at radius 1 is 0.696 bits per heavy atom. The first kappa shape index (κ1) is 17.8. The highest BCUT2D eigenvalue weighted by Crippen LogP contribution is 2.30. The Morgan fingerprint density at radius 3 is 2.00 bits per heavy atom. The molecule has 2 aromatic rings. The van der Waals surface area contributed by atoms with Crippen molar-refractivity contribution in [3.63, 3.8) is 0 Å². The molecule has 1 nitrogen and oxygen atoms in total. The van der Waals surface area contributed by atoms with Gasteiger partial charge < -0.3 is 0 Å². The molecule has 0 fully saturated rings. The maximum absolute atomic E-state index is 12.4. The molecule has 0 spiro atoms. The van der Waals surface area contributed by atoms with Crippen LogP contribution in [0.15, 0.2) is 36.4 Å². The van der Waals surface area contributed by atoms with Gasteiger partial charge in [-0.15, -0.1) is 0 Å². The van der Waals surface area contributed by atoms with Crippen molar-refractivity contribution in [2.24, 2.45) is 0 Å². The molecule has 0 unspecified atom stereocenters. The second kappa shape index (κ2) is 10.3. The van der Waals surface area contributed by atoms with E-state index in [1.165, 1.54) is 57.8 Å². The number of fused-ring (bicyclic) bond motifs is 1. The molecule has 0 heterocycles. The van der Waals surface area contributed by atoms with E-state index in [0.29, 0.717) is 0 Å². The highest BCUT2D eigenvalue weighted by molar-refractivity contribution is 5.89. The van der Waals surface area contributed by atoms with Crippen LogP contribution < -0.4 is 0 Å². The fourth-order valence-electron chi connectivity index (χ4n) is 3.29. The molecule has 0 N–H and O–H groups in total. The molecule has 0 saturated carbocycles. The smallest absolute Gasteiger partial charge is 0.189 e. The minimum Gasteiger partial charge on any atom is -0.289 e. The van der Waals surface area contributed by atoms with Crippen molar-refractivity contribution in [2.45, 2.75) is 77.6 Å². The van der Waals surface area contributed by atoms with E-state index in [0.717, 1.165) is 29.2 Å². The minimum atomic E-state index is 0.235. The molecule has 125 valence electrons. The summed E-state index contributed by atoms with van der Waals surface area (Å²) in [5.74, 6) is 0.235. The average molecular weight is 311 g/mol. The van der Waals surface area contributed by atoms with Crippen LogP contribution in [0.1, 0.15) is 76.7 Å². The molecule has 2 rings (SSSR count). The van der Waals surface area contributed by atoms with E-state index in [4.69, 9.17) is 0 Å². The van der Waals surface area contributed by atoms with Crippen LogP contribution in [0.25, 0.3) is 10.8 Å². The molecule has 1 radical (unpaired) electrons. The second-order valence-electron chi connectivity index (χ2n) is 6.71. The maximum Gasteiger partial charge on any atom is 0.189 e. The van der Waals surface area contributed by atoms with Gasteiger partial charge in [-0.05, 0) is 18.2 Å². The van der Waals surface area contributed by atoms with Crippen molar-refractivity contribution in [2.75, 3.05) is 0 Å². The quantitative estimate of drug-likeness (QED) is 0.384. The lowest BCUT2D eigenvalue weighted by atomic mass is 10.00. The van der Waals surface area contributed by atoms with Crippen molar-refractivity contribution < 1.29 is 5.11 Å².